The fourth-order valence-corrected chi connectivity index (χ4v) is 2.16. The van der Waals surface area contributed by atoms with Gasteiger partial charge in [0, 0.05) is 18.2 Å². The first kappa shape index (κ1) is 16.1. The van der Waals surface area contributed by atoms with Crippen LogP contribution in [0.2, 0.25) is 0 Å². The zero-order chi connectivity index (χ0) is 16.1. The van der Waals surface area contributed by atoms with Crippen LogP contribution in [-0.4, -0.2) is 13.1 Å². The Morgan fingerprint density at radius 3 is 2.68 bits per heavy atom. The summed E-state index contributed by atoms with van der Waals surface area (Å²) in [5, 5.41) is 3.11. The highest BCUT2D eigenvalue weighted by Gasteiger charge is 2.14. The summed E-state index contributed by atoms with van der Waals surface area (Å²) in [7, 11) is 1.32. The summed E-state index contributed by atoms with van der Waals surface area (Å²) in [4.78, 5) is 11.5. The lowest BCUT2D eigenvalue weighted by molar-refractivity contribution is 0.0600. The molecule has 0 bridgehead atoms. The van der Waals surface area contributed by atoms with Crippen molar-refractivity contribution in [2.24, 2.45) is 0 Å². The van der Waals surface area contributed by atoms with Crippen LogP contribution in [0, 0.1) is 11.6 Å². The number of nitrogens with one attached hydrogen (secondary N) is 1. The number of hydrogen-bond donors (Lipinski definition) is 1. The predicted molar refractivity (Wildman–Crippen MR) is 79.4 cm³/mol. The lowest BCUT2D eigenvalue weighted by atomic mass is 10.1. The molecule has 0 aliphatic rings. The minimum absolute atomic E-state index is 0.268. The second-order valence-corrected chi connectivity index (χ2v) is 4.94. The van der Waals surface area contributed by atoms with Crippen molar-refractivity contribution >= 4 is 5.97 Å². The lowest BCUT2D eigenvalue weighted by Gasteiger charge is -2.15. The molecule has 0 unspecified atom stereocenters. The zero-order valence-corrected chi connectivity index (χ0v) is 12.4. The molecule has 5 heteroatoms. The Kier molecular flexibility index (Phi) is 5.22. The maximum Gasteiger partial charge on any atom is 0.337 e. The monoisotopic (exact) mass is 305 g/mol. The number of hydrogen-bond acceptors (Lipinski definition) is 3. The van der Waals surface area contributed by atoms with E-state index in [9.17, 15) is 13.6 Å². The van der Waals surface area contributed by atoms with E-state index in [4.69, 9.17) is 0 Å². The van der Waals surface area contributed by atoms with E-state index in [0.717, 1.165) is 11.6 Å². The average Bonchev–Trinajstić information content (AvgIpc) is 2.54. The van der Waals surface area contributed by atoms with E-state index < -0.39 is 17.6 Å². The summed E-state index contributed by atoms with van der Waals surface area (Å²) < 4.78 is 31.6. The van der Waals surface area contributed by atoms with Crippen LogP contribution in [0.3, 0.4) is 0 Å². The number of esters is 1. The minimum Gasteiger partial charge on any atom is -0.465 e. The molecule has 0 amide bonds. The molecule has 2 aromatic rings. The number of halogens is 2. The van der Waals surface area contributed by atoms with Gasteiger partial charge in [0.2, 0.25) is 0 Å². The van der Waals surface area contributed by atoms with Crippen LogP contribution in [-0.2, 0) is 11.3 Å². The minimum atomic E-state index is -0.862. The standard InChI is InChI=1S/C17H17F2NO2/c1-11(14-7-4-8-15(18)16(14)19)20-10-12-5-3-6-13(9-12)17(21)22-2/h3-9,11,20H,10H2,1-2H3/t11-/m0/s1. The van der Waals surface area contributed by atoms with Gasteiger partial charge in [-0.05, 0) is 30.7 Å². The Bertz CT molecular complexity index is 673. The van der Waals surface area contributed by atoms with Gasteiger partial charge >= 0.3 is 5.97 Å². The van der Waals surface area contributed by atoms with Crippen molar-refractivity contribution in [3.05, 3.63) is 70.8 Å². The van der Waals surface area contributed by atoms with E-state index in [-0.39, 0.29) is 11.6 Å². The van der Waals surface area contributed by atoms with Crippen LogP contribution < -0.4 is 5.32 Å². The molecule has 0 saturated heterocycles. The third-order valence-corrected chi connectivity index (χ3v) is 3.41. The second-order valence-electron chi connectivity index (χ2n) is 4.94. The third kappa shape index (κ3) is 3.68. The van der Waals surface area contributed by atoms with Crippen LogP contribution in [0.15, 0.2) is 42.5 Å². The Labute approximate surface area is 127 Å². The molecule has 3 nitrogen and oxygen atoms in total. The summed E-state index contributed by atoms with van der Waals surface area (Å²) in [5.41, 5.74) is 1.57. The largest absolute Gasteiger partial charge is 0.465 e. The smallest absolute Gasteiger partial charge is 0.337 e. The summed E-state index contributed by atoms with van der Waals surface area (Å²) in [6.07, 6.45) is 0. The summed E-state index contributed by atoms with van der Waals surface area (Å²) in [5.74, 6) is -2.12. The van der Waals surface area contributed by atoms with Crippen molar-refractivity contribution in [2.75, 3.05) is 7.11 Å². The number of rotatable bonds is 5. The van der Waals surface area contributed by atoms with Gasteiger partial charge in [0.1, 0.15) is 0 Å². The van der Waals surface area contributed by atoms with Gasteiger partial charge in [-0.25, -0.2) is 13.6 Å². The molecule has 0 saturated carbocycles. The van der Waals surface area contributed by atoms with Crippen molar-refractivity contribution in [1.29, 1.82) is 0 Å². The van der Waals surface area contributed by atoms with Gasteiger partial charge in [-0.1, -0.05) is 24.3 Å². The Morgan fingerprint density at radius 1 is 1.23 bits per heavy atom. The number of methoxy groups -OCH3 is 1. The first-order chi connectivity index (χ1) is 10.5. The molecule has 0 aromatic heterocycles. The summed E-state index contributed by atoms with van der Waals surface area (Å²) in [6.45, 7) is 2.17. The van der Waals surface area contributed by atoms with Crippen molar-refractivity contribution in [3.63, 3.8) is 0 Å². The molecular weight excluding hydrogens is 288 g/mol. The Balaban J connectivity index is 2.06. The first-order valence-corrected chi connectivity index (χ1v) is 6.87. The van der Waals surface area contributed by atoms with Crippen molar-refractivity contribution in [1.82, 2.24) is 5.32 Å². The van der Waals surface area contributed by atoms with Gasteiger partial charge in [0.05, 0.1) is 12.7 Å². The quantitative estimate of drug-likeness (QED) is 0.858. The highest BCUT2D eigenvalue weighted by atomic mass is 19.2. The third-order valence-electron chi connectivity index (χ3n) is 3.41. The molecule has 0 aliphatic carbocycles. The van der Waals surface area contributed by atoms with E-state index in [1.807, 2.05) is 6.07 Å². The molecule has 2 rings (SSSR count). The zero-order valence-electron chi connectivity index (χ0n) is 12.4. The maximum atomic E-state index is 13.7. The summed E-state index contributed by atoms with van der Waals surface area (Å²) >= 11 is 0. The highest BCUT2D eigenvalue weighted by Crippen LogP contribution is 2.19. The molecular formula is C17H17F2NO2. The summed E-state index contributed by atoms with van der Waals surface area (Å²) in [6, 6.07) is 10.7. The van der Waals surface area contributed by atoms with Crippen LogP contribution in [0.4, 0.5) is 8.78 Å². The Morgan fingerprint density at radius 2 is 1.95 bits per heavy atom. The number of carbonyl (C=O) groups is 1. The van der Waals surface area contributed by atoms with Gasteiger partial charge in [-0.2, -0.15) is 0 Å². The van der Waals surface area contributed by atoms with E-state index in [0.29, 0.717) is 12.1 Å². The lowest BCUT2D eigenvalue weighted by Crippen LogP contribution is -2.19. The van der Waals surface area contributed by atoms with Gasteiger partial charge in [-0.3, -0.25) is 0 Å². The fourth-order valence-electron chi connectivity index (χ4n) is 2.16. The van der Waals surface area contributed by atoms with E-state index >= 15 is 0 Å². The molecule has 0 spiro atoms. The van der Waals surface area contributed by atoms with Gasteiger partial charge in [0.25, 0.3) is 0 Å². The maximum absolute atomic E-state index is 13.7. The van der Waals surface area contributed by atoms with Crippen molar-refractivity contribution < 1.29 is 18.3 Å². The van der Waals surface area contributed by atoms with Crippen molar-refractivity contribution in [2.45, 2.75) is 19.5 Å². The molecule has 2 aromatic carbocycles. The topological polar surface area (TPSA) is 38.3 Å². The molecule has 0 aliphatic heterocycles. The van der Waals surface area contributed by atoms with Gasteiger partial charge < -0.3 is 10.1 Å². The Hall–Kier alpha value is -2.27. The van der Waals surface area contributed by atoms with E-state index in [2.05, 4.69) is 10.1 Å². The molecule has 22 heavy (non-hydrogen) atoms. The van der Waals surface area contributed by atoms with Crippen LogP contribution >= 0.6 is 0 Å². The molecule has 0 fully saturated rings. The van der Waals surface area contributed by atoms with Crippen molar-refractivity contribution in [3.8, 4) is 0 Å². The van der Waals surface area contributed by atoms with Gasteiger partial charge in [-0.15, -0.1) is 0 Å². The van der Waals surface area contributed by atoms with Crippen LogP contribution in [0.1, 0.15) is 34.5 Å². The van der Waals surface area contributed by atoms with E-state index in [1.54, 1.807) is 31.2 Å². The number of benzene rings is 2. The first-order valence-electron chi connectivity index (χ1n) is 6.87. The van der Waals surface area contributed by atoms with E-state index in [1.165, 1.54) is 13.2 Å². The molecule has 0 radical (unpaired) electrons. The number of carbonyl (C=O) groups excluding carboxylic acids is 1. The fraction of sp³-hybridized carbons (Fsp3) is 0.235. The predicted octanol–water partition coefficient (Wildman–Crippen LogP) is 3.60. The molecule has 1 atom stereocenters. The SMILES string of the molecule is COC(=O)c1cccc(CN[C@@H](C)c2cccc(F)c2F)c1. The molecule has 0 heterocycles. The molecule has 116 valence electrons. The molecule has 1 N–H and O–H groups in total. The second kappa shape index (κ2) is 7.13. The van der Waals surface area contributed by atoms with Gasteiger partial charge in [0.15, 0.2) is 11.6 Å². The number of ether oxygens (including phenoxy) is 1. The highest BCUT2D eigenvalue weighted by molar-refractivity contribution is 5.89. The van der Waals surface area contributed by atoms with Crippen LogP contribution in [0.25, 0.3) is 0 Å². The van der Waals surface area contributed by atoms with Crippen LogP contribution in [0.5, 0.6) is 0 Å². The average molecular weight is 305 g/mol. The normalized spacial score (nSPS) is 12.0.